The molecule has 0 atom stereocenters. The van der Waals surface area contributed by atoms with Crippen molar-refractivity contribution in [1.82, 2.24) is 10.2 Å². The third-order valence-corrected chi connectivity index (χ3v) is 3.51. The van der Waals surface area contributed by atoms with Gasteiger partial charge in [-0.3, -0.25) is 9.89 Å². The number of aromatic nitrogens is 2. The monoisotopic (exact) mass is 236 g/mol. The van der Waals surface area contributed by atoms with Crippen molar-refractivity contribution in [2.24, 2.45) is 17.6 Å². The SMILES string of the molecule is Cc1cc(NC(=O)C2CCC(CN)CC2)n[nH]1. The van der Waals surface area contributed by atoms with E-state index in [0.717, 1.165) is 37.9 Å². The van der Waals surface area contributed by atoms with E-state index in [2.05, 4.69) is 15.5 Å². The summed E-state index contributed by atoms with van der Waals surface area (Å²) in [6.07, 6.45) is 4.01. The van der Waals surface area contributed by atoms with Gasteiger partial charge in [-0.05, 0) is 45.1 Å². The molecule has 2 rings (SSSR count). The van der Waals surface area contributed by atoms with Crippen molar-refractivity contribution < 1.29 is 4.79 Å². The van der Waals surface area contributed by atoms with Gasteiger partial charge in [0.15, 0.2) is 5.82 Å². The lowest BCUT2D eigenvalue weighted by Crippen LogP contribution is -2.29. The van der Waals surface area contributed by atoms with E-state index < -0.39 is 0 Å². The lowest BCUT2D eigenvalue weighted by Gasteiger charge is -2.26. The van der Waals surface area contributed by atoms with E-state index >= 15 is 0 Å². The zero-order valence-electron chi connectivity index (χ0n) is 10.2. The molecule has 0 saturated heterocycles. The van der Waals surface area contributed by atoms with Gasteiger partial charge in [0.2, 0.25) is 5.91 Å². The summed E-state index contributed by atoms with van der Waals surface area (Å²) in [5.74, 6) is 1.43. The molecule has 0 spiro atoms. The Hall–Kier alpha value is -1.36. The Bertz CT molecular complexity index is 380. The molecule has 1 aliphatic carbocycles. The lowest BCUT2D eigenvalue weighted by atomic mass is 9.81. The van der Waals surface area contributed by atoms with Crippen molar-refractivity contribution >= 4 is 11.7 Å². The first-order valence-corrected chi connectivity index (χ1v) is 6.22. The number of anilines is 1. The molecular weight excluding hydrogens is 216 g/mol. The number of nitrogens with zero attached hydrogens (tertiary/aromatic N) is 1. The highest BCUT2D eigenvalue weighted by atomic mass is 16.1. The average Bonchev–Trinajstić information content (AvgIpc) is 2.75. The Morgan fingerprint density at radius 1 is 1.53 bits per heavy atom. The van der Waals surface area contributed by atoms with Crippen LogP contribution in [0.4, 0.5) is 5.82 Å². The minimum atomic E-state index is 0.0898. The Labute approximate surface area is 101 Å². The van der Waals surface area contributed by atoms with Crippen LogP contribution in [0.2, 0.25) is 0 Å². The van der Waals surface area contributed by atoms with Crippen LogP contribution in [0.1, 0.15) is 31.4 Å². The molecule has 0 unspecified atom stereocenters. The minimum absolute atomic E-state index is 0.0898. The number of rotatable bonds is 3. The molecule has 1 aromatic heterocycles. The summed E-state index contributed by atoms with van der Waals surface area (Å²) in [6, 6.07) is 1.84. The van der Waals surface area contributed by atoms with Crippen molar-refractivity contribution in [1.29, 1.82) is 0 Å². The van der Waals surface area contributed by atoms with Gasteiger partial charge in [-0.1, -0.05) is 0 Å². The number of hydrogen-bond donors (Lipinski definition) is 3. The molecule has 5 heteroatoms. The third-order valence-electron chi connectivity index (χ3n) is 3.51. The number of carbonyl (C=O) groups excluding carboxylic acids is 1. The van der Waals surface area contributed by atoms with Gasteiger partial charge < -0.3 is 11.1 Å². The number of H-pyrrole nitrogens is 1. The van der Waals surface area contributed by atoms with Crippen LogP contribution in [-0.4, -0.2) is 22.6 Å². The molecule has 0 radical (unpaired) electrons. The number of hydrogen-bond acceptors (Lipinski definition) is 3. The predicted molar refractivity (Wildman–Crippen MR) is 66.5 cm³/mol. The van der Waals surface area contributed by atoms with E-state index in [0.29, 0.717) is 11.7 Å². The number of amides is 1. The fourth-order valence-electron chi connectivity index (χ4n) is 2.37. The standard InChI is InChI=1S/C12H20N4O/c1-8-6-11(16-15-8)14-12(17)10-4-2-9(7-13)3-5-10/h6,9-10H,2-5,7,13H2,1H3,(H2,14,15,16,17). The largest absolute Gasteiger partial charge is 0.330 e. The van der Waals surface area contributed by atoms with Crippen LogP contribution in [0.5, 0.6) is 0 Å². The fraction of sp³-hybridized carbons (Fsp3) is 0.667. The summed E-state index contributed by atoms with van der Waals surface area (Å²) >= 11 is 0. The van der Waals surface area contributed by atoms with E-state index in [1.165, 1.54) is 0 Å². The van der Waals surface area contributed by atoms with Gasteiger partial charge in [0.05, 0.1) is 0 Å². The quantitative estimate of drug-likeness (QED) is 0.742. The van der Waals surface area contributed by atoms with Gasteiger partial charge in [-0.2, -0.15) is 5.10 Å². The van der Waals surface area contributed by atoms with Crippen LogP contribution in [0.15, 0.2) is 6.07 Å². The van der Waals surface area contributed by atoms with Crippen molar-refractivity contribution in [3.05, 3.63) is 11.8 Å². The Kier molecular flexibility index (Phi) is 3.78. The van der Waals surface area contributed by atoms with Crippen LogP contribution in [0.3, 0.4) is 0 Å². The molecule has 0 aromatic carbocycles. The van der Waals surface area contributed by atoms with E-state index in [9.17, 15) is 4.79 Å². The Morgan fingerprint density at radius 2 is 2.24 bits per heavy atom. The smallest absolute Gasteiger partial charge is 0.228 e. The normalized spacial score (nSPS) is 24.6. The topological polar surface area (TPSA) is 83.8 Å². The van der Waals surface area contributed by atoms with Crippen LogP contribution in [0, 0.1) is 18.8 Å². The van der Waals surface area contributed by atoms with Gasteiger partial charge >= 0.3 is 0 Å². The number of carbonyl (C=O) groups is 1. The van der Waals surface area contributed by atoms with E-state index in [1.54, 1.807) is 0 Å². The summed E-state index contributed by atoms with van der Waals surface area (Å²) in [5, 5.41) is 9.67. The second-order valence-corrected chi connectivity index (χ2v) is 4.88. The van der Waals surface area contributed by atoms with Crippen LogP contribution >= 0.6 is 0 Å². The van der Waals surface area contributed by atoms with E-state index in [4.69, 9.17) is 5.73 Å². The maximum absolute atomic E-state index is 12.0. The average molecular weight is 236 g/mol. The summed E-state index contributed by atoms with van der Waals surface area (Å²) < 4.78 is 0. The highest BCUT2D eigenvalue weighted by Crippen LogP contribution is 2.28. The molecule has 1 aliphatic rings. The molecule has 1 fully saturated rings. The first kappa shape index (κ1) is 12.1. The van der Waals surface area contributed by atoms with E-state index in [1.807, 2.05) is 13.0 Å². The number of nitrogens with one attached hydrogen (secondary N) is 2. The summed E-state index contributed by atoms with van der Waals surface area (Å²) in [6.45, 7) is 2.65. The Balaban J connectivity index is 1.85. The fourth-order valence-corrected chi connectivity index (χ4v) is 2.37. The first-order valence-electron chi connectivity index (χ1n) is 6.22. The maximum atomic E-state index is 12.0. The molecule has 1 heterocycles. The summed E-state index contributed by atoms with van der Waals surface area (Å²) in [4.78, 5) is 12.0. The molecule has 94 valence electrons. The zero-order chi connectivity index (χ0) is 12.3. The minimum Gasteiger partial charge on any atom is -0.330 e. The predicted octanol–water partition coefficient (Wildman–Crippen LogP) is 1.42. The second kappa shape index (κ2) is 5.31. The zero-order valence-corrected chi connectivity index (χ0v) is 10.2. The molecular formula is C12H20N4O. The highest BCUT2D eigenvalue weighted by molar-refractivity contribution is 5.91. The molecule has 1 saturated carbocycles. The first-order chi connectivity index (χ1) is 8.19. The van der Waals surface area contributed by atoms with Gasteiger partial charge in [-0.15, -0.1) is 0 Å². The Morgan fingerprint density at radius 3 is 2.76 bits per heavy atom. The molecule has 0 bridgehead atoms. The van der Waals surface area contributed by atoms with Crippen molar-refractivity contribution in [3.8, 4) is 0 Å². The summed E-state index contributed by atoms with van der Waals surface area (Å²) in [7, 11) is 0. The number of aryl methyl sites for hydroxylation is 1. The number of nitrogens with two attached hydrogens (primary N) is 1. The van der Waals surface area contributed by atoms with Crippen molar-refractivity contribution in [2.45, 2.75) is 32.6 Å². The molecule has 5 nitrogen and oxygen atoms in total. The van der Waals surface area contributed by atoms with Crippen LogP contribution in [-0.2, 0) is 4.79 Å². The molecule has 1 amide bonds. The van der Waals surface area contributed by atoms with Crippen molar-refractivity contribution in [3.63, 3.8) is 0 Å². The number of aromatic amines is 1. The van der Waals surface area contributed by atoms with Crippen LogP contribution in [0.25, 0.3) is 0 Å². The second-order valence-electron chi connectivity index (χ2n) is 4.88. The molecule has 17 heavy (non-hydrogen) atoms. The summed E-state index contributed by atoms with van der Waals surface area (Å²) in [5.41, 5.74) is 6.59. The van der Waals surface area contributed by atoms with Crippen molar-refractivity contribution in [2.75, 3.05) is 11.9 Å². The van der Waals surface area contributed by atoms with Crippen LogP contribution < -0.4 is 11.1 Å². The van der Waals surface area contributed by atoms with E-state index in [-0.39, 0.29) is 11.8 Å². The highest BCUT2D eigenvalue weighted by Gasteiger charge is 2.25. The third kappa shape index (κ3) is 3.06. The van der Waals surface area contributed by atoms with Gasteiger partial charge in [-0.25, -0.2) is 0 Å². The molecule has 1 aromatic rings. The van der Waals surface area contributed by atoms with Gasteiger partial charge in [0.25, 0.3) is 0 Å². The van der Waals surface area contributed by atoms with Gasteiger partial charge in [0.1, 0.15) is 0 Å². The lowest BCUT2D eigenvalue weighted by molar-refractivity contribution is -0.121. The van der Waals surface area contributed by atoms with Gasteiger partial charge in [0, 0.05) is 17.7 Å². The molecule has 4 N–H and O–H groups in total. The maximum Gasteiger partial charge on any atom is 0.228 e. The molecule has 0 aliphatic heterocycles.